The number of anilines is 2. The van der Waals surface area contributed by atoms with Crippen LogP contribution in [0.3, 0.4) is 0 Å². The zero-order valence-corrected chi connectivity index (χ0v) is 14.6. The van der Waals surface area contributed by atoms with Gasteiger partial charge in [-0.1, -0.05) is 31.5 Å². The van der Waals surface area contributed by atoms with Crippen molar-refractivity contribution in [1.82, 2.24) is 4.98 Å². The zero-order valence-electron chi connectivity index (χ0n) is 12.2. The van der Waals surface area contributed by atoms with E-state index >= 15 is 0 Å². The van der Waals surface area contributed by atoms with Crippen LogP contribution in [0.4, 0.5) is 11.5 Å². The molecule has 0 bridgehead atoms. The van der Waals surface area contributed by atoms with Crippen molar-refractivity contribution in [2.45, 2.75) is 24.7 Å². The molecule has 1 aromatic heterocycles. The number of nitrogens with zero attached hydrogens (tertiary/aromatic N) is 2. The zero-order chi connectivity index (χ0) is 16.2. The van der Waals surface area contributed by atoms with Gasteiger partial charge in [-0.15, -0.1) is 0 Å². The maximum atomic E-state index is 13.0. The Bertz CT molecular complexity index is 736. The molecular formula is C15H18BrN3O2S. The maximum absolute atomic E-state index is 13.0. The van der Waals surface area contributed by atoms with E-state index in [2.05, 4.69) is 20.9 Å². The number of hydrogen-bond acceptors (Lipinski definition) is 4. The number of sulfonamides is 1. The third-order valence-corrected chi connectivity index (χ3v) is 5.47. The molecule has 5 nitrogen and oxygen atoms in total. The molecule has 2 aromatic rings. The van der Waals surface area contributed by atoms with Crippen LogP contribution < -0.4 is 10.0 Å². The standard InChI is InChI=1S/C15H18BrN3O2S/c1-2-3-9-19(13-7-5-4-6-8-13)22(20,21)14-10-12(16)11-18-15(14)17/h4-8,10-11H,2-3,9H2,1H3,(H2,17,18). The van der Waals surface area contributed by atoms with Gasteiger partial charge in [-0.2, -0.15) is 0 Å². The molecule has 1 heterocycles. The summed E-state index contributed by atoms with van der Waals surface area (Å²) < 4.78 is 28.0. The van der Waals surface area contributed by atoms with Crippen LogP contribution in [0.5, 0.6) is 0 Å². The number of para-hydroxylation sites is 1. The third kappa shape index (κ3) is 3.59. The molecule has 0 saturated carbocycles. The van der Waals surface area contributed by atoms with E-state index in [0.29, 0.717) is 16.7 Å². The molecule has 1 aromatic carbocycles. The summed E-state index contributed by atoms with van der Waals surface area (Å²) in [6, 6.07) is 10.5. The highest BCUT2D eigenvalue weighted by molar-refractivity contribution is 9.10. The highest BCUT2D eigenvalue weighted by atomic mass is 79.9. The van der Waals surface area contributed by atoms with Crippen molar-refractivity contribution >= 4 is 37.5 Å². The number of unbranched alkanes of at least 4 members (excludes halogenated alkanes) is 1. The first-order valence-electron chi connectivity index (χ1n) is 6.95. The molecule has 0 fully saturated rings. The fourth-order valence-corrected chi connectivity index (χ4v) is 4.12. The molecular weight excluding hydrogens is 366 g/mol. The second-order valence-electron chi connectivity index (χ2n) is 4.80. The number of benzene rings is 1. The molecule has 0 radical (unpaired) electrons. The fourth-order valence-electron chi connectivity index (χ4n) is 2.04. The van der Waals surface area contributed by atoms with Crippen molar-refractivity contribution in [1.29, 1.82) is 0 Å². The van der Waals surface area contributed by atoms with E-state index in [1.165, 1.54) is 16.6 Å². The number of nitrogens with two attached hydrogens (primary N) is 1. The number of aromatic nitrogens is 1. The SMILES string of the molecule is CCCCN(c1ccccc1)S(=O)(=O)c1cc(Br)cnc1N. The Morgan fingerprint density at radius 3 is 2.59 bits per heavy atom. The third-order valence-electron chi connectivity index (χ3n) is 3.18. The smallest absolute Gasteiger partial charge is 0.268 e. The number of hydrogen-bond donors (Lipinski definition) is 1. The average Bonchev–Trinajstić information content (AvgIpc) is 2.51. The lowest BCUT2D eigenvalue weighted by molar-refractivity contribution is 0.588. The summed E-state index contributed by atoms with van der Waals surface area (Å²) in [6.07, 6.45) is 3.13. The first kappa shape index (κ1) is 16.8. The van der Waals surface area contributed by atoms with Crippen molar-refractivity contribution in [2.75, 3.05) is 16.6 Å². The summed E-state index contributed by atoms with van der Waals surface area (Å²) in [5, 5.41) is 0. The monoisotopic (exact) mass is 383 g/mol. The average molecular weight is 384 g/mol. The van der Waals surface area contributed by atoms with E-state index in [0.717, 1.165) is 12.8 Å². The van der Waals surface area contributed by atoms with Gasteiger partial charge in [0, 0.05) is 17.2 Å². The van der Waals surface area contributed by atoms with Gasteiger partial charge in [0.2, 0.25) is 0 Å². The Morgan fingerprint density at radius 2 is 1.95 bits per heavy atom. The van der Waals surface area contributed by atoms with Gasteiger partial charge < -0.3 is 5.73 Å². The van der Waals surface area contributed by atoms with Crippen LogP contribution in [0.25, 0.3) is 0 Å². The van der Waals surface area contributed by atoms with Crippen LogP contribution in [0.15, 0.2) is 52.0 Å². The summed E-state index contributed by atoms with van der Waals surface area (Å²) in [5.74, 6) is 0.000583. The molecule has 118 valence electrons. The van der Waals surface area contributed by atoms with E-state index in [1.807, 2.05) is 25.1 Å². The molecule has 2 rings (SSSR count). The summed E-state index contributed by atoms with van der Waals surface area (Å²) in [5.41, 5.74) is 6.40. The molecule has 0 aliphatic heterocycles. The highest BCUT2D eigenvalue weighted by Crippen LogP contribution is 2.28. The van der Waals surface area contributed by atoms with Gasteiger partial charge in [0.25, 0.3) is 10.0 Å². The topological polar surface area (TPSA) is 76.3 Å². The molecule has 0 saturated heterocycles. The van der Waals surface area contributed by atoms with Gasteiger partial charge >= 0.3 is 0 Å². The molecule has 0 atom stereocenters. The maximum Gasteiger partial charge on any atom is 0.268 e. The largest absolute Gasteiger partial charge is 0.383 e. The van der Waals surface area contributed by atoms with Gasteiger partial charge in [0.05, 0.1) is 5.69 Å². The molecule has 0 amide bonds. The lowest BCUT2D eigenvalue weighted by Gasteiger charge is -2.24. The van der Waals surface area contributed by atoms with Crippen molar-refractivity contribution in [3.05, 3.63) is 47.1 Å². The first-order chi connectivity index (χ1) is 10.5. The minimum absolute atomic E-state index is 0.000583. The van der Waals surface area contributed by atoms with Gasteiger partial charge in [0.1, 0.15) is 10.7 Å². The summed E-state index contributed by atoms with van der Waals surface area (Å²) in [7, 11) is -3.76. The normalized spacial score (nSPS) is 11.4. The van der Waals surface area contributed by atoms with Crippen LogP contribution in [0, 0.1) is 0 Å². The van der Waals surface area contributed by atoms with Gasteiger partial charge in [-0.05, 0) is 40.5 Å². The summed E-state index contributed by atoms with van der Waals surface area (Å²) in [4.78, 5) is 3.94. The Labute approximate surface area is 139 Å². The molecule has 0 aliphatic carbocycles. The quantitative estimate of drug-likeness (QED) is 0.828. The fraction of sp³-hybridized carbons (Fsp3) is 0.267. The second-order valence-corrected chi connectivity index (χ2v) is 7.55. The van der Waals surface area contributed by atoms with Crippen LogP contribution in [0.1, 0.15) is 19.8 Å². The Hall–Kier alpha value is -1.60. The van der Waals surface area contributed by atoms with Crippen LogP contribution in [-0.2, 0) is 10.0 Å². The van der Waals surface area contributed by atoms with Crippen molar-refractivity contribution in [3.8, 4) is 0 Å². The Morgan fingerprint density at radius 1 is 1.27 bits per heavy atom. The van der Waals surface area contributed by atoms with Gasteiger partial charge in [-0.3, -0.25) is 4.31 Å². The molecule has 0 unspecified atom stereocenters. The predicted octanol–water partition coefficient (Wildman–Crippen LogP) is 3.42. The Balaban J connectivity index is 2.52. The molecule has 22 heavy (non-hydrogen) atoms. The minimum atomic E-state index is -3.76. The highest BCUT2D eigenvalue weighted by Gasteiger charge is 2.27. The van der Waals surface area contributed by atoms with E-state index in [9.17, 15) is 8.42 Å². The number of pyridine rings is 1. The first-order valence-corrected chi connectivity index (χ1v) is 9.19. The summed E-state index contributed by atoms with van der Waals surface area (Å²) >= 11 is 3.25. The van der Waals surface area contributed by atoms with Crippen LogP contribution in [0.2, 0.25) is 0 Å². The van der Waals surface area contributed by atoms with Gasteiger partial charge in [0.15, 0.2) is 0 Å². The second kappa shape index (κ2) is 7.11. The van der Waals surface area contributed by atoms with E-state index < -0.39 is 10.0 Å². The predicted molar refractivity (Wildman–Crippen MR) is 92.2 cm³/mol. The van der Waals surface area contributed by atoms with Crippen LogP contribution in [-0.4, -0.2) is 19.9 Å². The van der Waals surface area contributed by atoms with E-state index in [1.54, 1.807) is 12.1 Å². The lowest BCUT2D eigenvalue weighted by Crippen LogP contribution is -2.32. The van der Waals surface area contributed by atoms with E-state index in [-0.39, 0.29) is 10.7 Å². The van der Waals surface area contributed by atoms with Gasteiger partial charge in [-0.25, -0.2) is 13.4 Å². The molecule has 0 spiro atoms. The molecule has 2 N–H and O–H groups in total. The lowest BCUT2D eigenvalue weighted by atomic mass is 10.3. The Kier molecular flexibility index (Phi) is 5.42. The number of halogens is 1. The number of nitrogen functional groups attached to an aromatic ring is 1. The van der Waals surface area contributed by atoms with Crippen molar-refractivity contribution in [2.24, 2.45) is 0 Å². The minimum Gasteiger partial charge on any atom is -0.383 e. The number of rotatable bonds is 6. The van der Waals surface area contributed by atoms with E-state index in [4.69, 9.17) is 5.73 Å². The summed E-state index contributed by atoms with van der Waals surface area (Å²) in [6.45, 7) is 2.42. The molecule has 0 aliphatic rings. The van der Waals surface area contributed by atoms with Crippen LogP contribution >= 0.6 is 15.9 Å². The van der Waals surface area contributed by atoms with Crippen molar-refractivity contribution in [3.63, 3.8) is 0 Å². The molecule has 7 heteroatoms. The van der Waals surface area contributed by atoms with Crippen molar-refractivity contribution < 1.29 is 8.42 Å².